The second kappa shape index (κ2) is 10.6. The third-order valence-corrected chi connectivity index (χ3v) is 8.26. The normalized spacial score (nSPS) is 17.9. The van der Waals surface area contributed by atoms with Gasteiger partial charge in [0.2, 0.25) is 0 Å². The zero-order chi connectivity index (χ0) is 27.8. The van der Waals surface area contributed by atoms with E-state index < -0.39 is 0 Å². The number of ketones is 1. The monoisotopic (exact) mass is 527 g/mol. The maximum absolute atomic E-state index is 13.5. The molecule has 0 bridgehead atoms. The van der Waals surface area contributed by atoms with Crippen molar-refractivity contribution in [3.63, 3.8) is 0 Å². The number of urea groups is 1. The zero-order valence-corrected chi connectivity index (χ0v) is 23.8. The summed E-state index contributed by atoms with van der Waals surface area (Å²) in [5, 5.41) is 14.2. The summed E-state index contributed by atoms with van der Waals surface area (Å²) in [4.78, 5) is 26.6. The number of Topliss-reactive ketones (excluding diaryl/α,β-unsaturated/α-hetero) is 1. The van der Waals surface area contributed by atoms with Crippen LogP contribution in [0.4, 0.5) is 16.3 Å². The highest BCUT2D eigenvalue weighted by molar-refractivity contribution is 5.99. The molecule has 1 saturated carbocycles. The van der Waals surface area contributed by atoms with Crippen LogP contribution >= 0.6 is 0 Å². The summed E-state index contributed by atoms with van der Waals surface area (Å²) in [5.74, 6) is 1.26. The summed E-state index contributed by atoms with van der Waals surface area (Å²) in [6, 6.07) is 17.5. The molecule has 1 atom stereocenters. The number of hydrogen-bond acceptors (Lipinski definition) is 4. The molecule has 2 aromatic carbocycles. The number of carbonyl (C=O) groups excluding carboxylic acids is 2. The summed E-state index contributed by atoms with van der Waals surface area (Å²) in [5.41, 5.74) is 4.33. The van der Waals surface area contributed by atoms with E-state index in [4.69, 9.17) is 5.10 Å². The molecule has 39 heavy (non-hydrogen) atoms. The minimum Gasteiger partial charge on any atom is -0.317 e. The SMILES string of the molecule is Cc1ccc(-n2nc(C(C)(C)C)cc2NC(=O)Nc2ccc(C(C(=O)C3(C)CC3)C3CCNCC3)cc2)cc1. The van der Waals surface area contributed by atoms with Gasteiger partial charge in [0.25, 0.3) is 0 Å². The number of aryl methyl sites for hydroxylation is 1. The van der Waals surface area contributed by atoms with Gasteiger partial charge in [-0.1, -0.05) is 57.5 Å². The van der Waals surface area contributed by atoms with E-state index in [9.17, 15) is 9.59 Å². The molecule has 2 aliphatic rings. The Morgan fingerprint density at radius 1 is 1.00 bits per heavy atom. The Hall–Kier alpha value is -3.45. The van der Waals surface area contributed by atoms with Gasteiger partial charge in [0.1, 0.15) is 11.6 Å². The molecule has 3 aromatic rings. The molecule has 7 heteroatoms. The quantitative estimate of drug-likeness (QED) is 0.324. The lowest BCUT2D eigenvalue weighted by molar-refractivity contribution is -0.126. The van der Waals surface area contributed by atoms with Gasteiger partial charge in [-0.2, -0.15) is 5.10 Å². The molecule has 0 spiro atoms. The predicted molar refractivity (Wildman–Crippen MR) is 157 cm³/mol. The molecule has 3 N–H and O–H groups in total. The van der Waals surface area contributed by atoms with Gasteiger partial charge in [-0.15, -0.1) is 0 Å². The molecule has 1 aromatic heterocycles. The van der Waals surface area contributed by atoms with Gasteiger partial charge in [-0.05, 0) is 81.4 Å². The van der Waals surface area contributed by atoms with E-state index in [-0.39, 0.29) is 22.8 Å². The van der Waals surface area contributed by atoms with Crippen molar-refractivity contribution < 1.29 is 9.59 Å². The van der Waals surface area contributed by atoms with E-state index >= 15 is 0 Å². The molecule has 5 rings (SSSR count). The summed E-state index contributed by atoms with van der Waals surface area (Å²) < 4.78 is 1.77. The fraction of sp³-hybridized carbons (Fsp3) is 0.469. The topological polar surface area (TPSA) is 88.1 Å². The van der Waals surface area contributed by atoms with Crippen LogP contribution < -0.4 is 16.0 Å². The Balaban J connectivity index is 1.32. The first kappa shape index (κ1) is 27.1. The highest BCUT2D eigenvalue weighted by Crippen LogP contribution is 2.51. The molecule has 1 aliphatic carbocycles. The average Bonchev–Trinajstić information content (AvgIpc) is 3.52. The maximum atomic E-state index is 13.5. The minimum atomic E-state index is -0.340. The fourth-order valence-corrected chi connectivity index (χ4v) is 5.40. The maximum Gasteiger partial charge on any atom is 0.324 e. The Morgan fingerprint density at radius 2 is 1.64 bits per heavy atom. The first-order chi connectivity index (χ1) is 18.5. The summed E-state index contributed by atoms with van der Waals surface area (Å²) in [6.45, 7) is 12.4. The van der Waals surface area contributed by atoms with E-state index in [0.717, 1.165) is 61.3 Å². The average molecular weight is 528 g/mol. The Labute approximate surface area is 231 Å². The van der Waals surface area contributed by atoms with Crippen LogP contribution in [0.2, 0.25) is 0 Å². The summed E-state index contributed by atoms with van der Waals surface area (Å²) in [7, 11) is 0. The van der Waals surface area contributed by atoms with Gasteiger partial charge in [0.05, 0.1) is 11.4 Å². The van der Waals surface area contributed by atoms with Gasteiger partial charge in [0, 0.05) is 28.5 Å². The zero-order valence-electron chi connectivity index (χ0n) is 23.8. The van der Waals surface area contributed by atoms with Crippen LogP contribution in [-0.2, 0) is 10.2 Å². The number of rotatable bonds is 7. The van der Waals surface area contributed by atoms with Crippen molar-refractivity contribution in [1.82, 2.24) is 15.1 Å². The van der Waals surface area contributed by atoms with Crippen LogP contribution in [0.5, 0.6) is 0 Å². The van der Waals surface area contributed by atoms with Gasteiger partial charge >= 0.3 is 6.03 Å². The molecule has 1 saturated heterocycles. The molecule has 2 fully saturated rings. The van der Waals surface area contributed by atoms with Crippen LogP contribution in [0, 0.1) is 18.3 Å². The molecule has 2 amide bonds. The van der Waals surface area contributed by atoms with Crippen molar-refractivity contribution in [3.8, 4) is 5.69 Å². The standard InChI is InChI=1S/C32H41N5O2/c1-21-6-12-25(13-7-21)37-27(20-26(36-37)31(2,3)4)35-30(39)34-24-10-8-22(9-11-24)28(23-14-18-33-19-15-23)29(38)32(5)16-17-32/h6-13,20,23,28,33H,14-19H2,1-5H3,(H2,34,35,39). The molecule has 0 radical (unpaired) electrons. The largest absolute Gasteiger partial charge is 0.324 e. The number of anilines is 2. The molecular formula is C32H41N5O2. The molecule has 1 aliphatic heterocycles. The van der Waals surface area contributed by atoms with Crippen molar-refractivity contribution in [2.24, 2.45) is 11.3 Å². The highest BCUT2D eigenvalue weighted by Gasteiger charge is 2.49. The van der Waals surface area contributed by atoms with Crippen molar-refractivity contribution in [3.05, 3.63) is 71.4 Å². The van der Waals surface area contributed by atoms with Crippen molar-refractivity contribution in [2.75, 3.05) is 23.7 Å². The van der Waals surface area contributed by atoms with Crippen LogP contribution in [0.25, 0.3) is 5.69 Å². The molecule has 7 nitrogen and oxygen atoms in total. The first-order valence-corrected chi connectivity index (χ1v) is 14.1. The number of aromatic nitrogens is 2. The molecule has 2 heterocycles. The number of hydrogen-bond donors (Lipinski definition) is 3. The molecule has 1 unspecified atom stereocenters. The van der Waals surface area contributed by atoms with E-state index in [0.29, 0.717) is 23.2 Å². The lowest BCUT2D eigenvalue weighted by Crippen LogP contribution is -2.35. The van der Waals surface area contributed by atoms with Crippen LogP contribution in [-0.4, -0.2) is 34.7 Å². The van der Waals surface area contributed by atoms with Crippen LogP contribution in [0.3, 0.4) is 0 Å². The van der Waals surface area contributed by atoms with Gasteiger partial charge in [0.15, 0.2) is 0 Å². The number of benzene rings is 2. The van der Waals surface area contributed by atoms with Crippen molar-refractivity contribution in [2.45, 2.75) is 71.6 Å². The Morgan fingerprint density at radius 3 is 2.23 bits per heavy atom. The lowest BCUT2D eigenvalue weighted by atomic mass is 9.74. The minimum absolute atomic E-state index is 0.0813. The van der Waals surface area contributed by atoms with E-state index in [1.54, 1.807) is 4.68 Å². The lowest BCUT2D eigenvalue weighted by Gasteiger charge is -2.32. The summed E-state index contributed by atoms with van der Waals surface area (Å²) in [6.07, 6.45) is 4.01. The number of piperidine rings is 1. The van der Waals surface area contributed by atoms with Crippen LogP contribution in [0.15, 0.2) is 54.6 Å². The number of amides is 2. The van der Waals surface area contributed by atoms with Gasteiger partial charge < -0.3 is 10.6 Å². The first-order valence-electron chi connectivity index (χ1n) is 14.1. The van der Waals surface area contributed by atoms with Crippen molar-refractivity contribution >= 4 is 23.3 Å². The number of carbonyl (C=O) groups is 2. The third-order valence-electron chi connectivity index (χ3n) is 8.26. The smallest absolute Gasteiger partial charge is 0.317 e. The van der Waals surface area contributed by atoms with Gasteiger partial charge in [-0.25, -0.2) is 9.48 Å². The van der Waals surface area contributed by atoms with E-state index in [1.807, 2.05) is 61.5 Å². The highest BCUT2D eigenvalue weighted by atomic mass is 16.2. The molecular weight excluding hydrogens is 486 g/mol. The van der Waals surface area contributed by atoms with Crippen molar-refractivity contribution in [1.29, 1.82) is 0 Å². The fourth-order valence-electron chi connectivity index (χ4n) is 5.40. The second-order valence-corrected chi connectivity index (χ2v) is 12.6. The number of nitrogens with one attached hydrogen (secondary N) is 3. The Kier molecular flexibility index (Phi) is 7.38. The Bertz CT molecular complexity index is 1320. The predicted octanol–water partition coefficient (Wildman–Crippen LogP) is 6.57. The molecule has 206 valence electrons. The van der Waals surface area contributed by atoms with E-state index in [2.05, 4.69) is 43.6 Å². The van der Waals surface area contributed by atoms with Crippen LogP contribution in [0.1, 0.15) is 76.1 Å². The summed E-state index contributed by atoms with van der Waals surface area (Å²) >= 11 is 0. The second-order valence-electron chi connectivity index (χ2n) is 12.6. The van der Waals surface area contributed by atoms with E-state index in [1.165, 1.54) is 0 Å². The third kappa shape index (κ3) is 6.09. The number of nitrogens with zero attached hydrogens (tertiary/aromatic N) is 2. The van der Waals surface area contributed by atoms with Gasteiger partial charge in [-0.3, -0.25) is 10.1 Å².